The van der Waals surface area contributed by atoms with Crippen molar-refractivity contribution in [3.63, 3.8) is 0 Å². The van der Waals surface area contributed by atoms with Crippen LogP contribution >= 0.6 is 0 Å². The van der Waals surface area contributed by atoms with Gasteiger partial charge in [0.05, 0.1) is 17.6 Å². The van der Waals surface area contributed by atoms with Crippen molar-refractivity contribution in [2.45, 2.75) is 13.8 Å². The van der Waals surface area contributed by atoms with Gasteiger partial charge >= 0.3 is 0 Å². The molecule has 0 aliphatic carbocycles. The summed E-state index contributed by atoms with van der Waals surface area (Å²) in [5.41, 5.74) is 11.0. The van der Waals surface area contributed by atoms with E-state index in [1.54, 1.807) is 12.3 Å². The van der Waals surface area contributed by atoms with E-state index in [1.807, 2.05) is 85.3 Å². The van der Waals surface area contributed by atoms with Crippen LogP contribution in [0.3, 0.4) is 0 Å². The maximum absolute atomic E-state index is 12.9. The summed E-state index contributed by atoms with van der Waals surface area (Å²) in [4.78, 5) is 12.9. The van der Waals surface area contributed by atoms with Gasteiger partial charge in [0.15, 0.2) is 5.69 Å². The van der Waals surface area contributed by atoms with E-state index >= 15 is 0 Å². The fourth-order valence-corrected chi connectivity index (χ4v) is 4.02. The molecule has 1 N–H and O–H groups in total. The van der Waals surface area contributed by atoms with E-state index in [-0.39, 0.29) is 5.91 Å². The van der Waals surface area contributed by atoms with Gasteiger partial charge in [-0.3, -0.25) is 4.79 Å². The quantitative estimate of drug-likeness (QED) is 0.225. The molecule has 1 heterocycles. The van der Waals surface area contributed by atoms with E-state index < -0.39 is 0 Å². The summed E-state index contributed by atoms with van der Waals surface area (Å²) >= 11 is 0. The average Bonchev–Trinajstić information content (AvgIpc) is 3.36. The molecule has 0 fully saturated rings. The lowest BCUT2D eigenvalue weighted by Crippen LogP contribution is -2.18. The van der Waals surface area contributed by atoms with Gasteiger partial charge in [0.2, 0.25) is 0 Å². The number of carbonyl (C=O) groups excluding carboxylic acids is 1. The van der Waals surface area contributed by atoms with Crippen LogP contribution in [0.4, 0.5) is 0 Å². The monoisotopic (exact) mass is 470 g/mol. The molecule has 0 unspecified atom stereocenters. The molecule has 0 atom stereocenters. The SMILES string of the molecule is Cc1ccc(/C=N\NC(=O)c2cc(-c3ccc(-c4ccccc4)cc3)n(-c3ccccc3C)n2)cc1. The van der Waals surface area contributed by atoms with Gasteiger partial charge in [0.25, 0.3) is 5.91 Å². The van der Waals surface area contributed by atoms with Gasteiger partial charge in [0, 0.05) is 5.56 Å². The minimum Gasteiger partial charge on any atom is -0.265 e. The van der Waals surface area contributed by atoms with E-state index in [9.17, 15) is 4.79 Å². The molecule has 5 heteroatoms. The number of hydrogen-bond donors (Lipinski definition) is 1. The van der Waals surface area contributed by atoms with Crippen LogP contribution < -0.4 is 5.43 Å². The number of benzene rings is 4. The normalized spacial score (nSPS) is 11.1. The van der Waals surface area contributed by atoms with E-state index in [0.29, 0.717) is 5.69 Å². The summed E-state index contributed by atoms with van der Waals surface area (Å²) in [5.74, 6) is -0.368. The lowest BCUT2D eigenvalue weighted by atomic mass is 10.0. The summed E-state index contributed by atoms with van der Waals surface area (Å²) in [6.07, 6.45) is 1.62. The third kappa shape index (κ3) is 5.00. The van der Waals surface area contributed by atoms with Crippen molar-refractivity contribution in [2.24, 2.45) is 5.10 Å². The van der Waals surface area contributed by atoms with E-state index in [1.165, 1.54) is 5.56 Å². The fourth-order valence-electron chi connectivity index (χ4n) is 4.02. The molecule has 0 saturated heterocycles. The second-order valence-corrected chi connectivity index (χ2v) is 8.67. The Labute approximate surface area is 210 Å². The Bertz CT molecular complexity index is 1520. The van der Waals surface area contributed by atoms with Crippen molar-refractivity contribution < 1.29 is 4.79 Å². The number of nitrogens with zero attached hydrogens (tertiary/aromatic N) is 3. The third-order valence-electron chi connectivity index (χ3n) is 6.03. The number of nitrogens with one attached hydrogen (secondary N) is 1. The predicted octanol–water partition coefficient (Wildman–Crippen LogP) is 6.59. The molecule has 1 amide bonds. The highest BCUT2D eigenvalue weighted by Crippen LogP contribution is 2.28. The number of hydrogen-bond acceptors (Lipinski definition) is 3. The molecule has 0 bridgehead atoms. The second kappa shape index (κ2) is 10.2. The van der Waals surface area contributed by atoms with Crippen molar-refractivity contribution in [1.82, 2.24) is 15.2 Å². The van der Waals surface area contributed by atoms with Crippen molar-refractivity contribution in [1.29, 1.82) is 0 Å². The van der Waals surface area contributed by atoms with Gasteiger partial charge in [0.1, 0.15) is 0 Å². The van der Waals surface area contributed by atoms with Gasteiger partial charge in [-0.15, -0.1) is 0 Å². The van der Waals surface area contributed by atoms with Crippen molar-refractivity contribution in [3.05, 3.63) is 132 Å². The van der Waals surface area contributed by atoms with Crippen LogP contribution in [-0.4, -0.2) is 21.9 Å². The zero-order valence-corrected chi connectivity index (χ0v) is 20.2. The predicted molar refractivity (Wildman–Crippen MR) is 145 cm³/mol. The van der Waals surface area contributed by atoms with Crippen LogP contribution in [0.25, 0.3) is 28.1 Å². The number of hydrazone groups is 1. The highest BCUT2D eigenvalue weighted by molar-refractivity contribution is 5.94. The van der Waals surface area contributed by atoms with Gasteiger partial charge in [-0.1, -0.05) is 103 Å². The molecule has 0 spiro atoms. The minimum absolute atomic E-state index is 0.293. The largest absolute Gasteiger partial charge is 0.291 e. The topological polar surface area (TPSA) is 59.3 Å². The van der Waals surface area contributed by atoms with Crippen LogP contribution in [0.15, 0.2) is 114 Å². The first kappa shape index (κ1) is 23.0. The lowest BCUT2D eigenvalue weighted by Gasteiger charge is -2.11. The van der Waals surface area contributed by atoms with Crippen molar-refractivity contribution in [3.8, 4) is 28.1 Å². The molecular formula is C31H26N4O. The smallest absolute Gasteiger partial charge is 0.265 e. The standard InChI is InChI=1S/C31H26N4O/c1-22-12-14-24(15-13-22)21-32-33-31(36)28-20-30(35(34-28)29-11-7-6-8-23(29)2)27-18-16-26(17-19-27)25-9-4-3-5-10-25/h3-21H,1-2H3,(H,33,36)/b32-21-. The molecule has 0 saturated carbocycles. The van der Waals surface area contributed by atoms with Gasteiger partial charge < -0.3 is 0 Å². The lowest BCUT2D eigenvalue weighted by molar-refractivity contribution is 0.0949. The molecule has 5 aromatic rings. The summed E-state index contributed by atoms with van der Waals surface area (Å²) in [7, 11) is 0. The third-order valence-corrected chi connectivity index (χ3v) is 6.03. The van der Waals surface area contributed by atoms with Crippen LogP contribution in [0, 0.1) is 13.8 Å². The van der Waals surface area contributed by atoms with Crippen molar-refractivity contribution >= 4 is 12.1 Å². The zero-order valence-electron chi connectivity index (χ0n) is 20.2. The van der Waals surface area contributed by atoms with E-state index in [4.69, 9.17) is 0 Å². The molecular weight excluding hydrogens is 444 g/mol. The Kier molecular flexibility index (Phi) is 6.54. The summed E-state index contributed by atoms with van der Waals surface area (Å²) in [5, 5.41) is 8.79. The number of aryl methyl sites for hydroxylation is 2. The van der Waals surface area contributed by atoms with Crippen LogP contribution in [0.1, 0.15) is 27.2 Å². The van der Waals surface area contributed by atoms with Crippen LogP contribution in [-0.2, 0) is 0 Å². The fraction of sp³-hybridized carbons (Fsp3) is 0.0645. The maximum atomic E-state index is 12.9. The summed E-state index contributed by atoms with van der Waals surface area (Å²) in [6, 6.07) is 36.3. The van der Waals surface area contributed by atoms with Gasteiger partial charge in [-0.05, 0) is 48.2 Å². The highest BCUT2D eigenvalue weighted by Gasteiger charge is 2.17. The van der Waals surface area contributed by atoms with E-state index in [2.05, 4.69) is 52.0 Å². The number of para-hydroxylation sites is 1. The molecule has 5 rings (SSSR count). The Morgan fingerprint density at radius 3 is 2.14 bits per heavy atom. The minimum atomic E-state index is -0.368. The van der Waals surface area contributed by atoms with E-state index in [0.717, 1.165) is 39.2 Å². The Morgan fingerprint density at radius 2 is 1.42 bits per heavy atom. The second-order valence-electron chi connectivity index (χ2n) is 8.67. The Balaban J connectivity index is 1.46. The number of aromatic nitrogens is 2. The zero-order chi connectivity index (χ0) is 24.9. The maximum Gasteiger partial charge on any atom is 0.291 e. The van der Waals surface area contributed by atoms with Crippen LogP contribution in [0.5, 0.6) is 0 Å². The average molecular weight is 471 g/mol. The first-order valence-electron chi connectivity index (χ1n) is 11.8. The number of amides is 1. The summed E-state index contributed by atoms with van der Waals surface area (Å²) < 4.78 is 1.82. The van der Waals surface area contributed by atoms with Gasteiger partial charge in [-0.25, -0.2) is 10.1 Å². The number of carbonyl (C=O) groups is 1. The molecule has 5 nitrogen and oxygen atoms in total. The molecule has 0 radical (unpaired) electrons. The molecule has 176 valence electrons. The number of rotatable bonds is 6. The summed E-state index contributed by atoms with van der Waals surface area (Å²) in [6.45, 7) is 4.06. The molecule has 36 heavy (non-hydrogen) atoms. The molecule has 1 aromatic heterocycles. The molecule has 4 aromatic carbocycles. The Morgan fingerprint density at radius 1 is 0.778 bits per heavy atom. The van der Waals surface area contributed by atoms with Gasteiger partial charge in [-0.2, -0.15) is 10.2 Å². The van der Waals surface area contributed by atoms with Crippen molar-refractivity contribution in [2.75, 3.05) is 0 Å². The first-order valence-corrected chi connectivity index (χ1v) is 11.8. The molecule has 0 aliphatic heterocycles. The first-order chi connectivity index (χ1) is 17.6. The Hall–Kier alpha value is -4.77. The molecule has 0 aliphatic rings. The highest BCUT2D eigenvalue weighted by atomic mass is 16.2. The van der Waals surface area contributed by atoms with Crippen LogP contribution in [0.2, 0.25) is 0 Å².